The lowest BCUT2D eigenvalue weighted by Gasteiger charge is -2.36. The molecule has 4 rings (SSSR count). The topological polar surface area (TPSA) is 60.5 Å². The largest absolute Gasteiger partial charge is 0.483 e. The predicted octanol–water partition coefficient (Wildman–Crippen LogP) is 4.60. The summed E-state index contributed by atoms with van der Waals surface area (Å²) in [5.74, 6) is -1.38. The molecular weight excluding hydrogens is 392 g/mol. The van der Waals surface area contributed by atoms with Gasteiger partial charge in [0.2, 0.25) is 5.56 Å². The van der Waals surface area contributed by atoms with Crippen molar-refractivity contribution in [1.29, 1.82) is 0 Å². The number of ether oxygens (including phenoxy) is 3. The van der Waals surface area contributed by atoms with Gasteiger partial charge in [-0.25, -0.2) is 8.78 Å². The zero-order chi connectivity index (χ0) is 21.3. The average Bonchev–Trinajstić information content (AvgIpc) is 2.76. The summed E-state index contributed by atoms with van der Waals surface area (Å²) in [4.78, 5) is 14.2. The molecule has 1 N–H and O–H groups in total. The summed E-state index contributed by atoms with van der Waals surface area (Å²) in [6, 6.07) is 10.8. The van der Waals surface area contributed by atoms with Crippen molar-refractivity contribution in [2.24, 2.45) is 0 Å². The monoisotopic (exact) mass is 415 g/mol. The molecule has 0 aliphatic carbocycles. The van der Waals surface area contributed by atoms with Crippen molar-refractivity contribution in [2.75, 3.05) is 20.3 Å². The van der Waals surface area contributed by atoms with Gasteiger partial charge in [0.15, 0.2) is 11.6 Å². The third kappa shape index (κ3) is 3.82. The SMILES string of the molecule is COC1(c2cc(F)cc(OC(C)c3ccc4[nH]c(=O)ccc4c3)c2F)CCOCC1. The van der Waals surface area contributed by atoms with Gasteiger partial charge in [-0.15, -0.1) is 0 Å². The minimum absolute atomic E-state index is 0.145. The van der Waals surface area contributed by atoms with Gasteiger partial charge in [-0.1, -0.05) is 6.07 Å². The molecule has 1 unspecified atom stereocenters. The number of H-pyrrole nitrogens is 1. The van der Waals surface area contributed by atoms with Gasteiger partial charge in [0.25, 0.3) is 0 Å². The lowest BCUT2D eigenvalue weighted by molar-refractivity contribution is -0.0969. The van der Waals surface area contributed by atoms with E-state index < -0.39 is 23.3 Å². The van der Waals surface area contributed by atoms with Gasteiger partial charge >= 0.3 is 0 Å². The van der Waals surface area contributed by atoms with E-state index in [-0.39, 0.29) is 16.9 Å². The number of aromatic nitrogens is 1. The molecule has 7 heteroatoms. The highest BCUT2D eigenvalue weighted by Crippen LogP contribution is 2.40. The van der Waals surface area contributed by atoms with Gasteiger partial charge < -0.3 is 19.2 Å². The maximum Gasteiger partial charge on any atom is 0.248 e. The van der Waals surface area contributed by atoms with Gasteiger partial charge in [0.1, 0.15) is 17.5 Å². The van der Waals surface area contributed by atoms with Crippen molar-refractivity contribution in [2.45, 2.75) is 31.5 Å². The molecular formula is C23H23F2NO4. The number of rotatable bonds is 5. The molecule has 1 aliphatic rings. The van der Waals surface area contributed by atoms with Gasteiger partial charge in [-0.3, -0.25) is 4.79 Å². The number of halogens is 2. The minimum Gasteiger partial charge on any atom is -0.483 e. The van der Waals surface area contributed by atoms with Crippen LogP contribution < -0.4 is 10.3 Å². The summed E-state index contributed by atoms with van der Waals surface area (Å²) >= 11 is 0. The number of pyridine rings is 1. The van der Waals surface area contributed by atoms with Crippen LogP contribution in [0, 0.1) is 11.6 Å². The number of methoxy groups -OCH3 is 1. The summed E-state index contributed by atoms with van der Waals surface area (Å²) < 4.78 is 46.6. The smallest absolute Gasteiger partial charge is 0.248 e. The molecule has 1 atom stereocenters. The van der Waals surface area contributed by atoms with E-state index in [1.54, 1.807) is 25.1 Å². The molecule has 1 fully saturated rings. The maximum atomic E-state index is 15.4. The fourth-order valence-electron chi connectivity index (χ4n) is 3.95. The molecule has 0 amide bonds. The minimum atomic E-state index is -0.944. The summed E-state index contributed by atoms with van der Waals surface area (Å²) in [5.41, 5.74) is 0.479. The molecule has 0 bridgehead atoms. The van der Waals surface area contributed by atoms with Crippen molar-refractivity contribution < 1.29 is 23.0 Å². The molecule has 1 aliphatic heterocycles. The van der Waals surface area contributed by atoms with Crippen LogP contribution in [0.2, 0.25) is 0 Å². The zero-order valence-corrected chi connectivity index (χ0v) is 16.8. The van der Waals surface area contributed by atoms with E-state index in [4.69, 9.17) is 14.2 Å². The van der Waals surface area contributed by atoms with Crippen molar-refractivity contribution >= 4 is 10.9 Å². The molecule has 2 aromatic carbocycles. The molecule has 158 valence electrons. The Hall–Kier alpha value is -2.77. The van der Waals surface area contributed by atoms with Gasteiger partial charge in [0.05, 0.1) is 0 Å². The first-order valence-electron chi connectivity index (χ1n) is 9.84. The molecule has 0 saturated carbocycles. The van der Waals surface area contributed by atoms with E-state index in [2.05, 4.69) is 4.98 Å². The maximum absolute atomic E-state index is 15.4. The first kappa shape index (κ1) is 20.5. The molecule has 5 nitrogen and oxygen atoms in total. The Bertz CT molecular complexity index is 1120. The standard InChI is InChI=1S/C23H23F2NO4/c1-14(15-3-5-19-16(11-15)4-6-21(27)26-19)30-20-13-17(24)12-18(22(20)25)23(28-2)7-9-29-10-8-23/h3-6,11-14H,7-10H2,1-2H3,(H,26,27). The number of nitrogens with one attached hydrogen (secondary N) is 1. The highest BCUT2D eigenvalue weighted by Gasteiger charge is 2.38. The van der Waals surface area contributed by atoms with Crippen LogP contribution >= 0.6 is 0 Å². The van der Waals surface area contributed by atoms with Crippen molar-refractivity contribution in [3.8, 4) is 5.75 Å². The highest BCUT2D eigenvalue weighted by molar-refractivity contribution is 5.79. The van der Waals surface area contributed by atoms with E-state index in [9.17, 15) is 9.18 Å². The number of fused-ring (bicyclic) bond motifs is 1. The van der Waals surface area contributed by atoms with E-state index in [1.807, 2.05) is 6.07 Å². The second kappa shape index (κ2) is 8.16. The van der Waals surface area contributed by atoms with E-state index in [0.29, 0.717) is 31.6 Å². The Morgan fingerprint density at radius 3 is 2.60 bits per heavy atom. The lowest BCUT2D eigenvalue weighted by atomic mass is 9.85. The van der Waals surface area contributed by atoms with Crippen molar-refractivity contribution in [3.63, 3.8) is 0 Å². The van der Waals surface area contributed by atoms with Gasteiger partial charge in [0, 0.05) is 56.4 Å². The van der Waals surface area contributed by atoms with Crippen LogP contribution in [0.3, 0.4) is 0 Å². The van der Waals surface area contributed by atoms with Gasteiger partial charge in [-0.2, -0.15) is 0 Å². The van der Waals surface area contributed by atoms with Crippen LogP contribution in [0.15, 0.2) is 47.3 Å². The Morgan fingerprint density at radius 2 is 1.87 bits per heavy atom. The van der Waals surface area contributed by atoms with Crippen LogP contribution in [0.25, 0.3) is 10.9 Å². The van der Waals surface area contributed by atoms with Gasteiger partial charge in [-0.05, 0) is 42.1 Å². The molecule has 3 aromatic rings. The first-order chi connectivity index (χ1) is 14.4. The van der Waals surface area contributed by atoms with Crippen molar-refractivity contribution in [3.05, 3.63) is 75.6 Å². The van der Waals surface area contributed by atoms with Crippen LogP contribution in [-0.4, -0.2) is 25.3 Å². The first-order valence-corrected chi connectivity index (χ1v) is 9.84. The second-order valence-corrected chi connectivity index (χ2v) is 7.51. The van der Waals surface area contributed by atoms with E-state index in [0.717, 1.165) is 17.0 Å². The number of aromatic amines is 1. The number of hydrogen-bond acceptors (Lipinski definition) is 4. The normalized spacial score (nSPS) is 17.1. The molecule has 2 heterocycles. The lowest BCUT2D eigenvalue weighted by Crippen LogP contribution is -2.36. The second-order valence-electron chi connectivity index (χ2n) is 7.51. The summed E-state index contributed by atoms with van der Waals surface area (Å²) in [5, 5.41) is 0.823. The van der Waals surface area contributed by atoms with Crippen LogP contribution in [-0.2, 0) is 15.1 Å². The van der Waals surface area contributed by atoms with E-state index in [1.165, 1.54) is 19.2 Å². The Balaban J connectivity index is 1.67. The van der Waals surface area contributed by atoms with Crippen LogP contribution in [0.5, 0.6) is 5.75 Å². The molecule has 1 aromatic heterocycles. The summed E-state index contributed by atoms with van der Waals surface area (Å²) in [7, 11) is 1.50. The third-order valence-corrected chi connectivity index (χ3v) is 5.71. The molecule has 1 saturated heterocycles. The van der Waals surface area contributed by atoms with Crippen LogP contribution in [0.4, 0.5) is 8.78 Å². The number of benzene rings is 2. The molecule has 0 spiro atoms. The highest BCUT2D eigenvalue weighted by atomic mass is 19.1. The number of hydrogen-bond donors (Lipinski definition) is 1. The van der Waals surface area contributed by atoms with Crippen molar-refractivity contribution in [1.82, 2.24) is 4.98 Å². The quantitative estimate of drug-likeness (QED) is 0.662. The zero-order valence-electron chi connectivity index (χ0n) is 16.8. The fourth-order valence-corrected chi connectivity index (χ4v) is 3.95. The molecule has 30 heavy (non-hydrogen) atoms. The Labute approximate surface area is 172 Å². The van der Waals surface area contributed by atoms with Crippen LogP contribution in [0.1, 0.15) is 37.0 Å². The summed E-state index contributed by atoms with van der Waals surface area (Å²) in [6.45, 7) is 2.59. The Kier molecular flexibility index (Phi) is 5.58. The Morgan fingerprint density at radius 1 is 1.10 bits per heavy atom. The third-order valence-electron chi connectivity index (χ3n) is 5.71. The summed E-state index contributed by atoms with van der Waals surface area (Å²) in [6.07, 6.45) is 0.322. The van der Waals surface area contributed by atoms with E-state index >= 15 is 4.39 Å². The average molecular weight is 415 g/mol. The molecule has 0 radical (unpaired) electrons. The predicted molar refractivity (Wildman–Crippen MR) is 109 cm³/mol. The fraction of sp³-hybridized carbons (Fsp3) is 0.348.